The van der Waals surface area contributed by atoms with Gasteiger partial charge in [0.15, 0.2) is 8.32 Å². The van der Waals surface area contributed by atoms with E-state index in [-0.39, 0.29) is 18.6 Å². The fourth-order valence-electron chi connectivity index (χ4n) is 0.0833. The summed E-state index contributed by atoms with van der Waals surface area (Å²) in [6, 6.07) is 0. The van der Waals surface area contributed by atoms with Gasteiger partial charge >= 0.3 is 0 Å². The van der Waals surface area contributed by atoms with Gasteiger partial charge in [0.05, 0.1) is 0 Å². The van der Waals surface area contributed by atoms with Crippen molar-refractivity contribution in [2.24, 2.45) is 5.73 Å². The minimum atomic E-state index is -1.37. The molecule has 49 valence electrons. The van der Waals surface area contributed by atoms with Gasteiger partial charge in [-0.05, 0) is 13.1 Å². The van der Waals surface area contributed by atoms with E-state index in [2.05, 4.69) is 13.1 Å². The van der Waals surface area contributed by atoms with Crippen molar-refractivity contribution < 1.29 is 23.0 Å². The molecule has 0 spiro atoms. The molecule has 0 amide bonds. The molecule has 1 radical (unpaired) electrons. The fraction of sp³-hybridized carbons (Fsp3) is 1.00. The zero-order valence-corrected chi connectivity index (χ0v) is 8.04. The van der Waals surface area contributed by atoms with E-state index in [0.717, 1.165) is 0 Å². The van der Waals surface area contributed by atoms with Gasteiger partial charge in [0.1, 0.15) is 0 Å². The zero-order valence-electron chi connectivity index (χ0n) is 5.64. The minimum absolute atomic E-state index is 0. The number of hydrogen-bond donors (Lipinski definition) is 1. The van der Waals surface area contributed by atoms with Crippen LogP contribution in [0.25, 0.3) is 0 Å². The van der Waals surface area contributed by atoms with Crippen molar-refractivity contribution in [3.63, 3.8) is 0 Å². The first kappa shape index (κ1) is 11.5. The van der Waals surface area contributed by atoms with Crippen LogP contribution in [0.4, 0.5) is 0 Å². The van der Waals surface area contributed by atoms with E-state index in [0.29, 0.717) is 6.17 Å². The van der Waals surface area contributed by atoms with Gasteiger partial charge in [-0.25, -0.2) is 0 Å². The van der Waals surface area contributed by atoms with Crippen LogP contribution in [-0.4, -0.2) is 21.6 Å². The minimum Gasteiger partial charge on any atom is -0.419 e. The van der Waals surface area contributed by atoms with Gasteiger partial charge in [-0.2, -0.15) is 0 Å². The smallest absolute Gasteiger partial charge is 0.199 e. The second-order valence-electron chi connectivity index (χ2n) is 2.17. The predicted molar refractivity (Wildman–Crippen MR) is 33.5 cm³/mol. The molecule has 0 rings (SSSR count). The zero-order chi connectivity index (χ0) is 5.91. The van der Waals surface area contributed by atoms with Gasteiger partial charge < -0.3 is 10.2 Å². The Balaban J connectivity index is 0. The quantitative estimate of drug-likeness (QED) is 0.606. The number of hydrogen-bond acceptors (Lipinski definition) is 2. The van der Waals surface area contributed by atoms with E-state index in [1.54, 1.807) is 7.11 Å². The van der Waals surface area contributed by atoms with Crippen LogP contribution in [0, 0.1) is 0 Å². The van der Waals surface area contributed by atoms with E-state index in [9.17, 15) is 0 Å². The van der Waals surface area contributed by atoms with Crippen molar-refractivity contribution in [3.8, 4) is 0 Å². The van der Waals surface area contributed by atoms with E-state index >= 15 is 0 Å². The third kappa shape index (κ3) is 4.87. The van der Waals surface area contributed by atoms with Crippen LogP contribution in [0.1, 0.15) is 0 Å². The van der Waals surface area contributed by atoms with Crippen LogP contribution in [0.15, 0.2) is 0 Å². The molecule has 0 saturated heterocycles. The van der Waals surface area contributed by atoms with Gasteiger partial charge in [-0.3, -0.25) is 0 Å². The summed E-state index contributed by atoms with van der Waals surface area (Å²) < 4.78 is 5.10. The van der Waals surface area contributed by atoms with E-state index in [1.807, 2.05) is 0 Å². The first-order valence-corrected chi connectivity index (χ1v) is 5.49. The number of rotatable bonds is 2. The molecule has 0 bridgehead atoms. The molecule has 0 aliphatic carbocycles. The molecule has 0 atom stereocenters. The summed E-state index contributed by atoms with van der Waals surface area (Å²) >= 11 is 0. The Kier molecular flexibility index (Phi) is 6.60. The van der Waals surface area contributed by atoms with Gasteiger partial charge in [0.2, 0.25) is 0 Å². The second-order valence-corrected chi connectivity index (χ2v) is 6.50. The second kappa shape index (κ2) is 4.59. The molecule has 0 aliphatic rings. The topological polar surface area (TPSA) is 35.2 Å². The molecule has 2 nitrogen and oxygen atoms in total. The van der Waals surface area contributed by atoms with Crippen LogP contribution >= 0.6 is 0 Å². The van der Waals surface area contributed by atoms with Crippen molar-refractivity contribution in [1.29, 1.82) is 0 Å². The molecule has 0 saturated carbocycles. The Morgan fingerprint density at radius 2 is 1.88 bits per heavy atom. The van der Waals surface area contributed by atoms with Gasteiger partial charge in [0.25, 0.3) is 0 Å². The van der Waals surface area contributed by atoms with Crippen LogP contribution in [0.5, 0.6) is 0 Å². The maximum absolute atomic E-state index is 5.35. The Bertz CT molecular complexity index is 54.0. The molecule has 0 heterocycles. The van der Waals surface area contributed by atoms with E-state index in [4.69, 9.17) is 10.2 Å². The van der Waals surface area contributed by atoms with Crippen LogP contribution in [-0.2, 0) is 23.0 Å². The monoisotopic (exact) mass is 170 g/mol. The van der Waals surface area contributed by atoms with Gasteiger partial charge in [-0.15, -0.1) is 0 Å². The summed E-state index contributed by atoms with van der Waals surface area (Å²) in [5.74, 6) is 0. The third-order valence-electron chi connectivity index (χ3n) is 1.04. The maximum Gasteiger partial charge on any atom is 0.199 e. The average Bonchev–Trinajstić information content (AvgIpc) is 1.68. The van der Waals surface area contributed by atoms with Crippen molar-refractivity contribution in [2.45, 2.75) is 13.1 Å². The normalized spacial score (nSPS) is 10.5. The first-order valence-electron chi connectivity index (χ1n) is 2.37. The van der Waals surface area contributed by atoms with E-state index < -0.39 is 8.32 Å². The molecule has 0 aromatic heterocycles. The Morgan fingerprint density at radius 1 is 1.50 bits per heavy atom. The van der Waals surface area contributed by atoms with Crippen LogP contribution in [0.3, 0.4) is 0 Å². The van der Waals surface area contributed by atoms with Crippen molar-refractivity contribution in [3.05, 3.63) is 0 Å². The van der Waals surface area contributed by atoms with Gasteiger partial charge in [-0.1, -0.05) is 0 Å². The van der Waals surface area contributed by atoms with Gasteiger partial charge in [0, 0.05) is 31.8 Å². The Labute approximate surface area is 63.8 Å². The van der Waals surface area contributed by atoms with Crippen molar-refractivity contribution in [1.82, 2.24) is 0 Å². The summed E-state index contributed by atoms with van der Waals surface area (Å²) in [4.78, 5) is 0. The SMILES string of the molecule is CO[Si](C)(C)CN.[V]. The van der Waals surface area contributed by atoms with E-state index in [1.165, 1.54) is 0 Å². The summed E-state index contributed by atoms with van der Waals surface area (Å²) in [6.45, 7) is 4.18. The van der Waals surface area contributed by atoms with Crippen LogP contribution in [0.2, 0.25) is 13.1 Å². The molecule has 8 heavy (non-hydrogen) atoms. The van der Waals surface area contributed by atoms with Crippen LogP contribution < -0.4 is 5.73 Å². The average molecular weight is 170 g/mol. The first-order chi connectivity index (χ1) is 3.12. The summed E-state index contributed by atoms with van der Waals surface area (Å²) in [5, 5.41) is 0. The number of nitrogens with two attached hydrogens (primary N) is 1. The van der Waals surface area contributed by atoms with Crippen molar-refractivity contribution >= 4 is 8.32 Å². The third-order valence-corrected chi connectivity index (χ3v) is 3.13. The molecular weight excluding hydrogens is 157 g/mol. The Hall–Kier alpha value is 0.721. The summed E-state index contributed by atoms with van der Waals surface area (Å²) in [7, 11) is 0.348. The van der Waals surface area contributed by atoms with Crippen molar-refractivity contribution in [2.75, 3.05) is 13.3 Å². The standard InChI is InChI=1S/C4H13NOSi.V/c1-6-7(2,3)4-5;/h4-5H2,1-3H3;. The largest absolute Gasteiger partial charge is 0.419 e. The Morgan fingerprint density at radius 3 is 1.88 bits per heavy atom. The molecule has 0 unspecified atom stereocenters. The molecule has 2 N–H and O–H groups in total. The predicted octanol–water partition coefficient (Wildman–Crippen LogP) is 0.333. The molecule has 0 aromatic carbocycles. The summed E-state index contributed by atoms with van der Waals surface area (Å²) in [5.41, 5.74) is 5.35. The summed E-state index contributed by atoms with van der Waals surface area (Å²) in [6.07, 6.45) is 0.712. The fourth-order valence-corrected chi connectivity index (χ4v) is 0.250. The molecule has 4 heteroatoms. The molecule has 0 fully saturated rings. The molecule has 0 aromatic rings. The molecular formula is C4H13NOSiV. The maximum atomic E-state index is 5.35. The molecule has 0 aliphatic heterocycles.